The Morgan fingerprint density at radius 3 is 2.51 bits per heavy atom. The van der Waals surface area contributed by atoms with Crippen molar-refractivity contribution in [2.24, 2.45) is 4.99 Å². The van der Waals surface area contributed by atoms with E-state index in [1.165, 1.54) is 12.1 Å². The van der Waals surface area contributed by atoms with E-state index in [1.807, 2.05) is 12.1 Å². The molecule has 1 heterocycles. The molecule has 2 amide bonds. The number of nitrogens with zero attached hydrogens (tertiary/aromatic N) is 2. The van der Waals surface area contributed by atoms with Crippen molar-refractivity contribution in [3.8, 4) is 0 Å². The van der Waals surface area contributed by atoms with E-state index in [-0.39, 0.29) is 25.1 Å². The average Bonchev–Trinajstić information content (AvgIpc) is 2.90. The third-order valence-electron chi connectivity index (χ3n) is 5.18. The Hall–Kier alpha value is -4.80. The molecule has 5 N–H and O–H groups in total. The molecule has 0 aliphatic carbocycles. The van der Waals surface area contributed by atoms with Gasteiger partial charge in [0.15, 0.2) is 5.96 Å². The molecule has 10 nitrogen and oxygen atoms in total. The molecule has 11 heteroatoms. The molecular weight excluding hydrogens is 479 g/mol. The van der Waals surface area contributed by atoms with Crippen LogP contribution in [-0.2, 0) is 22.6 Å². The van der Waals surface area contributed by atoms with Crippen LogP contribution >= 0.6 is 0 Å². The zero-order valence-electron chi connectivity index (χ0n) is 20.1. The van der Waals surface area contributed by atoms with Crippen LogP contribution in [0.2, 0.25) is 0 Å². The molecule has 3 aromatic rings. The number of aromatic nitrogens is 1. The molecule has 0 aliphatic rings. The van der Waals surface area contributed by atoms with Gasteiger partial charge >= 0.3 is 5.97 Å². The highest BCUT2D eigenvalue weighted by atomic mass is 19.1. The summed E-state index contributed by atoms with van der Waals surface area (Å²) in [6.07, 6.45) is 3.36. The van der Waals surface area contributed by atoms with Gasteiger partial charge in [-0.2, -0.15) is 0 Å². The van der Waals surface area contributed by atoms with Crippen molar-refractivity contribution in [3.63, 3.8) is 0 Å². The SMILES string of the molecule is CN=C(NCc1ccncc1)Nc1cccc(C(=O)NCC(=O)Nc2cc(F)ccc2CCC(=O)O)c1. The van der Waals surface area contributed by atoms with Crippen molar-refractivity contribution in [2.75, 3.05) is 24.2 Å². The maximum Gasteiger partial charge on any atom is 0.303 e. The van der Waals surface area contributed by atoms with Crippen molar-refractivity contribution in [1.29, 1.82) is 0 Å². The van der Waals surface area contributed by atoms with Gasteiger partial charge in [0, 0.05) is 49.3 Å². The fourth-order valence-corrected chi connectivity index (χ4v) is 3.32. The summed E-state index contributed by atoms with van der Waals surface area (Å²) >= 11 is 0. The second kappa shape index (κ2) is 13.3. The highest BCUT2D eigenvalue weighted by Crippen LogP contribution is 2.19. The van der Waals surface area contributed by atoms with E-state index in [0.29, 0.717) is 29.3 Å². The monoisotopic (exact) mass is 506 g/mol. The largest absolute Gasteiger partial charge is 0.481 e. The Bertz CT molecular complexity index is 1280. The number of nitrogens with one attached hydrogen (secondary N) is 4. The van der Waals surface area contributed by atoms with Gasteiger partial charge in [-0.05, 0) is 60.0 Å². The van der Waals surface area contributed by atoms with Gasteiger partial charge in [0.2, 0.25) is 5.91 Å². The van der Waals surface area contributed by atoms with E-state index in [1.54, 1.807) is 43.7 Å². The first-order valence-electron chi connectivity index (χ1n) is 11.4. The Morgan fingerprint density at radius 2 is 1.78 bits per heavy atom. The molecule has 3 rings (SSSR count). The molecule has 0 saturated carbocycles. The van der Waals surface area contributed by atoms with Gasteiger partial charge in [0.25, 0.3) is 5.91 Å². The number of carboxylic acids is 1. The number of halogens is 1. The Kier molecular flexibility index (Phi) is 9.66. The van der Waals surface area contributed by atoms with E-state index in [2.05, 4.69) is 31.2 Å². The van der Waals surface area contributed by atoms with Crippen LogP contribution in [-0.4, -0.2) is 47.4 Å². The number of benzene rings is 2. The van der Waals surface area contributed by atoms with Crippen molar-refractivity contribution in [2.45, 2.75) is 19.4 Å². The number of carboxylic acid groups (broad SMARTS) is 1. The Balaban J connectivity index is 1.55. The molecule has 192 valence electrons. The van der Waals surface area contributed by atoms with E-state index >= 15 is 0 Å². The first-order chi connectivity index (χ1) is 17.8. The number of aryl methyl sites for hydroxylation is 1. The summed E-state index contributed by atoms with van der Waals surface area (Å²) in [6, 6.07) is 14.2. The smallest absolute Gasteiger partial charge is 0.303 e. The molecule has 0 saturated heterocycles. The van der Waals surface area contributed by atoms with Crippen LogP contribution < -0.4 is 21.3 Å². The number of aliphatic carboxylic acids is 1. The second-order valence-electron chi connectivity index (χ2n) is 7.91. The van der Waals surface area contributed by atoms with E-state index < -0.39 is 23.6 Å². The molecule has 0 radical (unpaired) electrons. The quantitative estimate of drug-likeness (QED) is 0.210. The molecule has 0 atom stereocenters. The fraction of sp³-hybridized carbons (Fsp3) is 0.192. The van der Waals surface area contributed by atoms with Crippen LogP contribution in [0.25, 0.3) is 0 Å². The number of pyridine rings is 1. The maximum atomic E-state index is 13.7. The number of guanidine groups is 1. The van der Waals surface area contributed by atoms with Crippen molar-refractivity contribution in [3.05, 3.63) is 89.5 Å². The molecule has 37 heavy (non-hydrogen) atoms. The topological polar surface area (TPSA) is 145 Å². The molecule has 1 aromatic heterocycles. The van der Waals surface area contributed by atoms with Crippen molar-refractivity contribution in [1.82, 2.24) is 15.6 Å². The summed E-state index contributed by atoms with van der Waals surface area (Å²) in [5.41, 5.74) is 2.60. The van der Waals surface area contributed by atoms with Crippen molar-refractivity contribution >= 4 is 35.1 Å². The lowest BCUT2D eigenvalue weighted by Gasteiger charge is -2.13. The maximum absolute atomic E-state index is 13.7. The number of carbonyl (C=O) groups is 3. The summed E-state index contributed by atoms with van der Waals surface area (Å²) in [4.78, 5) is 44.0. The lowest BCUT2D eigenvalue weighted by Crippen LogP contribution is -2.33. The van der Waals surface area contributed by atoms with Crippen LogP contribution in [0.15, 0.2) is 72.0 Å². The van der Waals surface area contributed by atoms with Crippen molar-refractivity contribution < 1.29 is 23.9 Å². The number of aliphatic imine (C=N–C) groups is 1. The molecule has 2 aromatic carbocycles. The van der Waals surface area contributed by atoms with Gasteiger partial charge in [0.05, 0.1) is 6.54 Å². The zero-order chi connectivity index (χ0) is 26.6. The van der Waals surface area contributed by atoms with Crippen LogP contribution in [0.5, 0.6) is 0 Å². The number of anilines is 2. The van der Waals surface area contributed by atoms with E-state index in [4.69, 9.17) is 5.11 Å². The zero-order valence-corrected chi connectivity index (χ0v) is 20.1. The molecule has 0 spiro atoms. The van der Waals surface area contributed by atoms with E-state index in [9.17, 15) is 18.8 Å². The third kappa shape index (κ3) is 8.73. The minimum absolute atomic E-state index is 0.123. The normalized spacial score (nSPS) is 10.9. The minimum Gasteiger partial charge on any atom is -0.481 e. The first kappa shape index (κ1) is 26.8. The number of carbonyl (C=O) groups excluding carboxylic acids is 2. The van der Waals surface area contributed by atoms with Crippen LogP contribution in [0, 0.1) is 5.82 Å². The van der Waals surface area contributed by atoms with Gasteiger partial charge in [0.1, 0.15) is 5.82 Å². The summed E-state index contributed by atoms with van der Waals surface area (Å²) in [5.74, 6) is -2.14. The Labute approximate surface area is 213 Å². The average molecular weight is 507 g/mol. The molecule has 0 aliphatic heterocycles. The van der Waals surface area contributed by atoms with E-state index in [0.717, 1.165) is 11.6 Å². The lowest BCUT2D eigenvalue weighted by molar-refractivity contribution is -0.137. The molecular formula is C26H27FN6O4. The highest BCUT2D eigenvalue weighted by Gasteiger charge is 2.13. The lowest BCUT2D eigenvalue weighted by atomic mass is 10.1. The van der Waals surface area contributed by atoms with Gasteiger partial charge in [-0.15, -0.1) is 0 Å². The van der Waals surface area contributed by atoms with Gasteiger partial charge in [-0.3, -0.25) is 24.4 Å². The van der Waals surface area contributed by atoms with Crippen LogP contribution in [0.3, 0.4) is 0 Å². The van der Waals surface area contributed by atoms with Crippen LogP contribution in [0.1, 0.15) is 27.9 Å². The fourth-order valence-electron chi connectivity index (χ4n) is 3.32. The van der Waals surface area contributed by atoms with Gasteiger partial charge in [-0.1, -0.05) is 12.1 Å². The predicted octanol–water partition coefficient (Wildman–Crippen LogP) is 2.79. The highest BCUT2D eigenvalue weighted by molar-refractivity contribution is 6.01. The predicted molar refractivity (Wildman–Crippen MR) is 138 cm³/mol. The first-order valence-corrected chi connectivity index (χ1v) is 11.4. The summed E-state index contributed by atoms with van der Waals surface area (Å²) in [7, 11) is 1.63. The van der Waals surface area contributed by atoms with Gasteiger partial charge < -0.3 is 26.4 Å². The van der Waals surface area contributed by atoms with Crippen LogP contribution in [0.4, 0.5) is 15.8 Å². The minimum atomic E-state index is -1.01. The number of hydrogen-bond acceptors (Lipinski definition) is 5. The van der Waals surface area contributed by atoms with Gasteiger partial charge in [-0.25, -0.2) is 4.39 Å². The molecule has 0 bridgehead atoms. The Morgan fingerprint density at radius 1 is 1.00 bits per heavy atom. The summed E-state index contributed by atoms with van der Waals surface area (Å²) in [6.45, 7) is 0.168. The number of rotatable bonds is 10. The second-order valence-corrected chi connectivity index (χ2v) is 7.91. The molecule has 0 fully saturated rings. The molecule has 0 unspecified atom stereocenters. The summed E-state index contributed by atoms with van der Waals surface area (Å²) < 4.78 is 13.7. The summed E-state index contributed by atoms with van der Waals surface area (Å²) in [5, 5.41) is 20.2. The number of amides is 2. The third-order valence-corrected chi connectivity index (χ3v) is 5.18. The number of hydrogen-bond donors (Lipinski definition) is 5. The standard InChI is InChI=1S/C26H27FN6O4/c1-28-26(31-15-17-9-11-29-12-10-17)32-21-4-2-3-19(13-21)25(37)30-16-23(34)33-22-14-20(27)7-5-18(22)6-8-24(35)36/h2-5,7,9-14H,6,8,15-16H2,1H3,(H,30,37)(H,33,34)(H,35,36)(H2,28,31,32).